The first-order valence-corrected chi connectivity index (χ1v) is 11.6. The van der Waals surface area contributed by atoms with Gasteiger partial charge in [0.2, 0.25) is 0 Å². The van der Waals surface area contributed by atoms with Crippen LogP contribution >= 0.6 is 24.0 Å². The lowest BCUT2D eigenvalue weighted by atomic mass is 10.1. The van der Waals surface area contributed by atoms with Gasteiger partial charge in [-0.15, -0.1) is 24.0 Å². The normalized spacial score (nSPS) is 15.0. The first-order valence-electron chi connectivity index (χ1n) is 11.6. The van der Waals surface area contributed by atoms with Crippen LogP contribution in [0.15, 0.2) is 35.3 Å². The predicted molar refractivity (Wildman–Crippen MR) is 139 cm³/mol. The van der Waals surface area contributed by atoms with Crippen molar-refractivity contribution in [3.05, 3.63) is 35.9 Å². The maximum atomic E-state index is 5.97. The molecule has 178 valence electrons. The van der Waals surface area contributed by atoms with Crippen LogP contribution in [0.4, 0.5) is 0 Å². The molecule has 0 bridgehead atoms. The van der Waals surface area contributed by atoms with Crippen molar-refractivity contribution in [2.45, 2.75) is 51.6 Å². The molecule has 2 rings (SSSR count). The predicted octanol–water partition coefficient (Wildman–Crippen LogP) is 4.13. The molecule has 31 heavy (non-hydrogen) atoms. The lowest BCUT2D eigenvalue weighted by molar-refractivity contribution is 0.00990. The average Bonchev–Trinajstić information content (AvgIpc) is 2.79. The van der Waals surface area contributed by atoms with Crippen molar-refractivity contribution in [2.24, 2.45) is 4.99 Å². The van der Waals surface area contributed by atoms with Crippen molar-refractivity contribution >= 4 is 29.9 Å². The van der Waals surface area contributed by atoms with Crippen LogP contribution in [0.2, 0.25) is 0 Å². The SMILES string of the molecule is CCNC(=NCCCCOCCc1ccccc1)N1CCC(OCCCOC)CC1.I. The first-order chi connectivity index (χ1) is 14.8. The topological polar surface area (TPSA) is 55.3 Å². The van der Waals surface area contributed by atoms with Crippen LogP contribution in [0.25, 0.3) is 0 Å². The fourth-order valence-electron chi connectivity index (χ4n) is 3.55. The van der Waals surface area contributed by atoms with E-state index in [1.54, 1.807) is 7.11 Å². The summed E-state index contributed by atoms with van der Waals surface area (Å²) in [6, 6.07) is 10.5. The summed E-state index contributed by atoms with van der Waals surface area (Å²) < 4.78 is 16.8. The van der Waals surface area contributed by atoms with Gasteiger partial charge in [-0.05, 0) is 51.0 Å². The molecule has 0 radical (unpaired) electrons. The number of halogens is 1. The van der Waals surface area contributed by atoms with Crippen molar-refractivity contribution in [3.8, 4) is 0 Å². The summed E-state index contributed by atoms with van der Waals surface area (Å²) in [5.41, 5.74) is 1.33. The smallest absolute Gasteiger partial charge is 0.193 e. The van der Waals surface area contributed by atoms with E-state index in [-0.39, 0.29) is 24.0 Å². The van der Waals surface area contributed by atoms with Gasteiger partial charge >= 0.3 is 0 Å². The maximum Gasteiger partial charge on any atom is 0.193 e. The van der Waals surface area contributed by atoms with E-state index in [1.807, 2.05) is 6.07 Å². The van der Waals surface area contributed by atoms with E-state index in [0.717, 1.165) is 97.1 Å². The number of nitrogens with one attached hydrogen (secondary N) is 1. The molecule has 1 saturated heterocycles. The molecule has 7 heteroatoms. The van der Waals surface area contributed by atoms with Gasteiger partial charge < -0.3 is 24.4 Å². The van der Waals surface area contributed by atoms with Gasteiger partial charge in [-0.25, -0.2) is 0 Å². The van der Waals surface area contributed by atoms with Crippen LogP contribution in [0.3, 0.4) is 0 Å². The number of benzene rings is 1. The highest BCUT2D eigenvalue weighted by atomic mass is 127. The number of unbranched alkanes of at least 4 members (excludes halogenated alkanes) is 1. The molecule has 1 aromatic rings. The molecule has 1 N–H and O–H groups in total. The summed E-state index contributed by atoms with van der Waals surface area (Å²) in [4.78, 5) is 7.20. The van der Waals surface area contributed by atoms with Crippen molar-refractivity contribution in [2.75, 3.05) is 59.7 Å². The summed E-state index contributed by atoms with van der Waals surface area (Å²) in [5, 5.41) is 3.44. The number of aliphatic imine (C=N–C) groups is 1. The number of piperidine rings is 1. The number of ether oxygens (including phenoxy) is 3. The number of hydrogen-bond acceptors (Lipinski definition) is 4. The van der Waals surface area contributed by atoms with E-state index in [4.69, 9.17) is 19.2 Å². The highest BCUT2D eigenvalue weighted by Gasteiger charge is 2.21. The molecule has 0 aromatic heterocycles. The second-order valence-electron chi connectivity index (χ2n) is 7.69. The van der Waals surface area contributed by atoms with Gasteiger partial charge in [-0.1, -0.05) is 30.3 Å². The zero-order valence-electron chi connectivity index (χ0n) is 19.4. The highest BCUT2D eigenvalue weighted by Crippen LogP contribution is 2.14. The molecule has 0 aliphatic carbocycles. The largest absolute Gasteiger partial charge is 0.385 e. The Balaban J connectivity index is 0.00000480. The van der Waals surface area contributed by atoms with Crippen molar-refractivity contribution < 1.29 is 14.2 Å². The Labute approximate surface area is 206 Å². The Morgan fingerprint density at radius 2 is 1.81 bits per heavy atom. The zero-order chi connectivity index (χ0) is 21.3. The van der Waals surface area contributed by atoms with Crippen molar-refractivity contribution in [3.63, 3.8) is 0 Å². The summed E-state index contributed by atoms with van der Waals surface area (Å²) in [6.07, 6.45) is 6.55. The van der Waals surface area contributed by atoms with Crippen LogP contribution in [0, 0.1) is 0 Å². The number of hydrogen-bond donors (Lipinski definition) is 1. The number of guanidine groups is 1. The molecular formula is C24H42IN3O3. The van der Waals surface area contributed by atoms with E-state index in [2.05, 4.69) is 41.4 Å². The van der Waals surface area contributed by atoms with Crippen LogP contribution < -0.4 is 5.32 Å². The molecule has 1 heterocycles. The highest BCUT2D eigenvalue weighted by molar-refractivity contribution is 14.0. The van der Waals surface area contributed by atoms with E-state index in [1.165, 1.54) is 5.56 Å². The molecule has 0 unspecified atom stereocenters. The lowest BCUT2D eigenvalue weighted by Gasteiger charge is -2.34. The van der Waals surface area contributed by atoms with Gasteiger partial charge in [0.15, 0.2) is 5.96 Å². The van der Waals surface area contributed by atoms with Crippen LogP contribution in [-0.4, -0.2) is 76.7 Å². The Hall–Kier alpha value is -0.900. The second-order valence-corrected chi connectivity index (χ2v) is 7.69. The minimum Gasteiger partial charge on any atom is -0.385 e. The molecule has 0 spiro atoms. The Morgan fingerprint density at radius 1 is 1.03 bits per heavy atom. The standard InChI is InChI=1S/C24H41N3O3.HI/c1-3-25-24(27-16-12-23(13-17-27)30-20-9-18-28-2)26-15-7-8-19-29-21-14-22-10-5-4-6-11-22;/h4-6,10-11,23H,3,7-9,12-21H2,1-2H3,(H,25,26);1H. The van der Waals surface area contributed by atoms with Crippen molar-refractivity contribution in [1.29, 1.82) is 0 Å². The molecule has 1 aliphatic heterocycles. The average molecular weight is 548 g/mol. The first kappa shape index (κ1) is 28.1. The van der Waals surface area contributed by atoms with E-state index in [0.29, 0.717) is 6.10 Å². The van der Waals surface area contributed by atoms with E-state index < -0.39 is 0 Å². The van der Waals surface area contributed by atoms with Gasteiger partial charge in [0.1, 0.15) is 0 Å². The minimum absolute atomic E-state index is 0. The van der Waals surface area contributed by atoms with Crippen molar-refractivity contribution in [1.82, 2.24) is 10.2 Å². The van der Waals surface area contributed by atoms with Crippen LogP contribution in [-0.2, 0) is 20.6 Å². The number of likely N-dealkylation sites (tertiary alicyclic amines) is 1. The Kier molecular flexibility index (Phi) is 16.9. The number of nitrogens with zero attached hydrogens (tertiary/aromatic N) is 2. The maximum absolute atomic E-state index is 5.97. The molecule has 0 saturated carbocycles. The monoisotopic (exact) mass is 547 g/mol. The van der Waals surface area contributed by atoms with Crippen LogP contribution in [0.1, 0.15) is 44.6 Å². The zero-order valence-corrected chi connectivity index (χ0v) is 21.7. The fourth-order valence-corrected chi connectivity index (χ4v) is 3.55. The summed E-state index contributed by atoms with van der Waals surface area (Å²) in [5.74, 6) is 1.04. The van der Waals surface area contributed by atoms with Crippen LogP contribution in [0.5, 0.6) is 0 Å². The summed E-state index contributed by atoms with van der Waals surface area (Å²) in [6.45, 7) is 9.04. The Morgan fingerprint density at radius 3 is 2.52 bits per heavy atom. The van der Waals surface area contributed by atoms with Gasteiger partial charge in [-0.3, -0.25) is 4.99 Å². The molecular weight excluding hydrogens is 505 g/mol. The third kappa shape index (κ3) is 12.7. The van der Waals surface area contributed by atoms with E-state index in [9.17, 15) is 0 Å². The fraction of sp³-hybridized carbons (Fsp3) is 0.708. The summed E-state index contributed by atoms with van der Waals surface area (Å²) in [7, 11) is 1.74. The number of rotatable bonds is 14. The molecule has 6 nitrogen and oxygen atoms in total. The second kappa shape index (κ2) is 18.7. The molecule has 1 aliphatic rings. The quantitative estimate of drug-likeness (QED) is 0.164. The number of methoxy groups -OCH3 is 1. The van der Waals surface area contributed by atoms with Gasteiger partial charge in [0, 0.05) is 53.1 Å². The van der Waals surface area contributed by atoms with Gasteiger partial charge in [0.05, 0.1) is 12.7 Å². The van der Waals surface area contributed by atoms with Gasteiger partial charge in [-0.2, -0.15) is 0 Å². The third-order valence-corrected chi connectivity index (χ3v) is 5.26. The Bertz CT molecular complexity index is 566. The molecule has 1 aromatic carbocycles. The molecule has 0 amide bonds. The lowest BCUT2D eigenvalue weighted by Crippen LogP contribution is -2.47. The summed E-state index contributed by atoms with van der Waals surface area (Å²) >= 11 is 0. The molecule has 0 atom stereocenters. The third-order valence-electron chi connectivity index (χ3n) is 5.26. The van der Waals surface area contributed by atoms with E-state index >= 15 is 0 Å². The minimum atomic E-state index is 0. The molecule has 1 fully saturated rings. The van der Waals surface area contributed by atoms with Gasteiger partial charge in [0.25, 0.3) is 0 Å².